The number of aryl methyl sites for hydroxylation is 4. The molecule has 218 valence electrons. The van der Waals surface area contributed by atoms with Crippen LogP contribution in [-0.2, 0) is 10.1 Å². The predicted octanol–water partition coefficient (Wildman–Crippen LogP) is 9.89. The topological polar surface area (TPSA) is 57.6 Å². The molecule has 2 aliphatic rings. The number of hydrogen-bond donors (Lipinski definition) is 1. The first-order valence-electron chi connectivity index (χ1n) is 14.1. The van der Waals surface area contributed by atoms with Gasteiger partial charge in [0.05, 0.1) is 15.6 Å². The van der Waals surface area contributed by atoms with E-state index in [2.05, 4.69) is 94.3 Å². The van der Waals surface area contributed by atoms with Crippen LogP contribution in [0.25, 0.3) is 16.2 Å². The Kier molecular flexibility index (Phi) is 8.86. The molecule has 4 nitrogen and oxygen atoms in total. The Balaban J connectivity index is 0.000000271. The molecule has 7 heteroatoms. The molecule has 1 unspecified atom stereocenters. The van der Waals surface area contributed by atoms with Crippen LogP contribution >= 0.6 is 23.1 Å². The van der Waals surface area contributed by atoms with Gasteiger partial charge in [-0.3, -0.25) is 4.55 Å². The third-order valence-electron chi connectivity index (χ3n) is 7.64. The number of allylic oxidation sites excluding steroid dienone is 4. The fourth-order valence-electron chi connectivity index (χ4n) is 5.37. The largest absolute Gasteiger partial charge is 0.338 e. The predicted molar refractivity (Wildman–Crippen MR) is 180 cm³/mol. The quantitative estimate of drug-likeness (QED) is 0.233. The summed E-state index contributed by atoms with van der Waals surface area (Å²) in [6.07, 6.45) is 9.58. The van der Waals surface area contributed by atoms with Crippen molar-refractivity contribution in [1.82, 2.24) is 0 Å². The minimum atomic E-state index is -4.02. The molecule has 42 heavy (non-hydrogen) atoms. The Labute approximate surface area is 258 Å². The van der Waals surface area contributed by atoms with Crippen LogP contribution in [-0.4, -0.2) is 20.0 Å². The number of thiophene rings is 1. The molecular weight excluding hydrogens is 579 g/mol. The summed E-state index contributed by atoms with van der Waals surface area (Å²) in [6.45, 7) is 10.8. The van der Waals surface area contributed by atoms with E-state index in [-0.39, 0.29) is 4.90 Å². The van der Waals surface area contributed by atoms with E-state index < -0.39 is 10.1 Å². The standard InChI is InChI=1S/C28H29NS2.C7H8O3S/c1-17-6-8-23-20(4)25(30-26(23)12-17)15-21-10-19(3)11-22(14-21)16-28-29(5)24-9-7-18(2)13-27(24)31-28;1-6-2-4-7(5-3-6)11(8,9)10/h6-9,12-16,19H,10-11H2,1-5H3;2-5H,1H3,(H,8,9,10)/b21-15+,28-16-;. The Bertz CT molecular complexity index is 1840. The van der Waals surface area contributed by atoms with Crippen LogP contribution < -0.4 is 4.90 Å². The molecule has 1 atom stereocenters. The Morgan fingerprint density at radius 2 is 1.55 bits per heavy atom. The zero-order chi connectivity index (χ0) is 30.2. The van der Waals surface area contributed by atoms with Crippen molar-refractivity contribution < 1.29 is 13.0 Å². The molecule has 1 N–H and O–H groups in total. The summed E-state index contributed by atoms with van der Waals surface area (Å²) in [4.78, 5) is 5.04. The highest BCUT2D eigenvalue weighted by atomic mass is 32.2. The first-order valence-corrected chi connectivity index (χ1v) is 17.1. The lowest BCUT2D eigenvalue weighted by molar-refractivity contribution is 0.483. The van der Waals surface area contributed by atoms with Crippen molar-refractivity contribution >= 4 is 55.1 Å². The summed E-state index contributed by atoms with van der Waals surface area (Å²) < 4.78 is 31.0. The second-order valence-electron chi connectivity index (χ2n) is 11.4. The molecule has 0 spiro atoms. The summed E-state index contributed by atoms with van der Waals surface area (Å²) in [5.41, 5.74) is 9.24. The molecule has 0 amide bonds. The fourth-order valence-corrected chi connectivity index (χ4v) is 8.36. The van der Waals surface area contributed by atoms with Crippen molar-refractivity contribution in [2.24, 2.45) is 5.92 Å². The summed E-state index contributed by atoms with van der Waals surface area (Å²) in [7, 11) is -1.83. The van der Waals surface area contributed by atoms with Crippen molar-refractivity contribution in [3.63, 3.8) is 0 Å². The second-order valence-corrected chi connectivity index (χ2v) is 15.0. The highest BCUT2D eigenvalue weighted by Gasteiger charge is 2.23. The first kappa shape index (κ1) is 30.4. The molecule has 3 aromatic carbocycles. The van der Waals surface area contributed by atoms with Crippen LogP contribution in [0.4, 0.5) is 5.69 Å². The van der Waals surface area contributed by atoms with E-state index in [0.717, 1.165) is 18.4 Å². The van der Waals surface area contributed by atoms with Gasteiger partial charge in [0.2, 0.25) is 0 Å². The average molecular weight is 616 g/mol. The molecule has 0 radical (unpaired) electrons. The van der Waals surface area contributed by atoms with E-state index in [4.69, 9.17) is 4.55 Å². The molecule has 0 bridgehead atoms. The van der Waals surface area contributed by atoms with E-state index in [1.165, 1.54) is 70.5 Å². The second kappa shape index (κ2) is 12.3. The van der Waals surface area contributed by atoms with Gasteiger partial charge in [0.25, 0.3) is 10.1 Å². The zero-order valence-electron chi connectivity index (χ0n) is 24.9. The van der Waals surface area contributed by atoms with Gasteiger partial charge in [0, 0.05) is 21.5 Å². The highest BCUT2D eigenvalue weighted by molar-refractivity contribution is 8.03. The molecule has 1 aliphatic heterocycles. The van der Waals surface area contributed by atoms with Gasteiger partial charge in [-0.2, -0.15) is 8.42 Å². The first-order chi connectivity index (χ1) is 19.9. The summed E-state index contributed by atoms with van der Waals surface area (Å²) in [5, 5.41) is 2.73. The minimum Gasteiger partial charge on any atom is -0.338 e. The Morgan fingerprint density at radius 1 is 0.881 bits per heavy atom. The molecule has 0 saturated heterocycles. The number of fused-ring (bicyclic) bond motifs is 2. The van der Waals surface area contributed by atoms with E-state index >= 15 is 0 Å². The van der Waals surface area contributed by atoms with Gasteiger partial charge in [-0.15, -0.1) is 11.3 Å². The zero-order valence-corrected chi connectivity index (χ0v) is 27.4. The number of rotatable bonds is 3. The van der Waals surface area contributed by atoms with Gasteiger partial charge in [0.1, 0.15) is 0 Å². The number of hydrogen-bond acceptors (Lipinski definition) is 5. The monoisotopic (exact) mass is 615 g/mol. The molecule has 4 aromatic rings. The van der Waals surface area contributed by atoms with Crippen molar-refractivity contribution in [1.29, 1.82) is 0 Å². The molecule has 0 fully saturated rings. The van der Waals surface area contributed by atoms with Gasteiger partial charge in [-0.1, -0.05) is 60.7 Å². The van der Waals surface area contributed by atoms with Gasteiger partial charge >= 0.3 is 0 Å². The SMILES string of the molecule is Cc1ccc(S(=O)(=O)O)cc1.Cc1ccc2c(c1)S/C(=C\C1=CC(=C/c3sc4cc(C)ccc4c3C)/CC(C)C1)N2C. The molecule has 1 aliphatic carbocycles. The van der Waals surface area contributed by atoms with Crippen molar-refractivity contribution in [3.05, 3.63) is 116 Å². The van der Waals surface area contributed by atoms with Gasteiger partial charge in [-0.25, -0.2) is 0 Å². The lowest BCUT2D eigenvalue weighted by atomic mass is 9.86. The van der Waals surface area contributed by atoms with Crippen LogP contribution in [0, 0.1) is 33.6 Å². The third-order valence-corrected chi connectivity index (χ3v) is 10.9. The minimum absolute atomic E-state index is 0.0666. The molecule has 1 aromatic heterocycles. The normalized spacial score (nSPS) is 18.7. The maximum absolute atomic E-state index is 10.5. The maximum Gasteiger partial charge on any atom is 0.294 e. The lowest BCUT2D eigenvalue weighted by Crippen LogP contribution is -2.11. The van der Waals surface area contributed by atoms with Crippen molar-refractivity contribution in [2.75, 3.05) is 11.9 Å². The number of anilines is 1. The number of nitrogens with zero attached hydrogens (tertiary/aromatic N) is 1. The van der Waals surface area contributed by atoms with Crippen LogP contribution in [0.15, 0.2) is 98.8 Å². The fraction of sp³-hybridized carbons (Fsp3) is 0.257. The van der Waals surface area contributed by atoms with Crippen LogP contribution in [0.5, 0.6) is 0 Å². The average Bonchev–Trinajstić information content (AvgIpc) is 3.38. The Hall–Kier alpha value is -3.10. The summed E-state index contributed by atoms with van der Waals surface area (Å²) in [5.74, 6) is 0.668. The van der Waals surface area contributed by atoms with Gasteiger partial charge in [-0.05, 0) is 122 Å². The van der Waals surface area contributed by atoms with Crippen LogP contribution in [0.1, 0.15) is 46.9 Å². The Morgan fingerprint density at radius 3 is 2.26 bits per heavy atom. The van der Waals surface area contributed by atoms with Crippen LogP contribution in [0.2, 0.25) is 0 Å². The molecule has 6 rings (SSSR count). The summed E-state index contributed by atoms with van der Waals surface area (Å²) >= 11 is 3.82. The van der Waals surface area contributed by atoms with E-state index in [1.54, 1.807) is 12.1 Å². The third kappa shape index (κ3) is 6.92. The van der Waals surface area contributed by atoms with Crippen molar-refractivity contribution in [3.8, 4) is 0 Å². The number of benzene rings is 3. The molecule has 2 heterocycles. The van der Waals surface area contributed by atoms with Crippen molar-refractivity contribution in [2.45, 2.75) is 57.3 Å². The lowest BCUT2D eigenvalue weighted by Gasteiger charge is -2.21. The number of thioether (sulfide) groups is 1. The van der Waals surface area contributed by atoms with Crippen LogP contribution in [0.3, 0.4) is 0 Å². The maximum atomic E-state index is 10.5. The van der Waals surface area contributed by atoms with Gasteiger partial charge in [0.15, 0.2) is 0 Å². The highest BCUT2D eigenvalue weighted by Crippen LogP contribution is 2.46. The van der Waals surface area contributed by atoms with E-state index in [9.17, 15) is 8.42 Å². The summed E-state index contributed by atoms with van der Waals surface area (Å²) in [6, 6.07) is 19.6. The van der Waals surface area contributed by atoms with Gasteiger partial charge < -0.3 is 4.90 Å². The molecule has 0 saturated carbocycles. The molecular formula is C35H37NO3S3. The van der Waals surface area contributed by atoms with E-state index in [1.807, 2.05) is 30.0 Å². The van der Waals surface area contributed by atoms with E-state index in [0.29, 0.717) is 5.92 Å². The smallest absolute Gasteiger partial charge is 0.294 e.